The minimum absolute atomic E-state index is 0.280. The van der Waals surface area contributed by atoms with Crippen LogP contribution in [0.5, 0.6) is 0 Å². The van der Waals surface area contributed by atoms with E-state index in [0.717, 1.165) is 11.3 Å². The molecule has 0 unspecified atom stereocenters. The number of aromatic nitrogens is 2. The Bertz CT molecular complexity index is 691. The first-order valence-electron chi connectivity index (χ1n) is 6.37. The van der Waals surface area contributed by atoms with Gasteiger partial charge >= 0.3 is 5.97 Å². The van der Waals surface area contributed by atoms with Gasteiger partial charge in [-0.2, -0.15) is 0 Å². The molecule has 0 saturated carbocycles. The zero-order valence-corrected chi connectivity index (χ0v) is 13.6. The molecule has 0 aliphatic carbocycles. The summed E-state index contributed by atoms with van der Waals surface area (Å²) >= 11 is 3.15. The van der Waals surface area contributed by atoms with E-state index < -0.39 is 5.97 Å². The molecule has 5 heteroatoms. The third-order valence-electron chi connectivity index (χ3n) is 2.83. The van der Waals surface area contributed by atoms with E-state index in [1.807, 2.05) is 19.9 Å². The molecule has 0 bridgehead atoms. The lowest BCUT2D eigenvalue weighted by atomic mass is 10.0. The van der Waals surface area contributed by atoms with Gasteiger partial charge in [0.1, 0.15) is 4.48 Å². The summed E-state index contributed by atoms with van der Waals surface area (Å²) in [5.74, 6) is -0.0145. The Morgan fingerprint density at radius 2 is 1.90 bits per heavy atom. The monoisotopic (exact) mass is 346 g/mol. The van der Waals surface area contributed by atoms with Crippen LogP contribution in [-0.4, -0.2) is 23.0 Å². The fourth-order valence-electron chi connectivity index (χ4n) is 2.00. The number of benzene rings is 1. The van der Waals surface area contributed by atoms with Crippen molar-refractivity contribution in [1.29, 1.82) is 0 Å². The molecule has 0 fully saturated rings. The quantitative estimate of drug-likeness (QED) is 0.628. The van der Waals surface area contributed by atoms with Gasteiger partial charge in [0.25, 0.3) is 0 Å². The van der Waals surface area contributed by atoms with Gasteiger partial charge in [-0.3, -0.25) is 0 Å². The summed E-state index contributed by atoms with van der Waals surface area (Å²) in [5.41, 5.74) is 4.19. The van der Waals surface area contributed by atoms with E-state index in [2.05, 4.69) is 48.8 Å². The Hall–Kier alpha value is -2.01. The van der Waals surface area contributed by atoms with E-state index in [-0.39, 0.29) is 4.48 Å². The molecule has 0 atom stereocenters. The van der Waals surface area contributed by atoms with Gasteiger partial charge in [0.2, 0.25) is 0 Å². The number of halogens is 1. The zero-order valence-electron chi connectivity index (χ0n) is 12.1. The van der Waals surface area contributed by atoms with Gasteiger partial charge in [0.15, 0.2) is 5.82 Å². The second kappa shape index (κ2) is 6.63. The molecule has 0 N–H and O–H groups in total. The maximum absolute atomic E-state index is 11.4. The van der Waals surface area contributed by atoms with Crippen LogP contribution in [0.2, 0.25) is 0 Å². The van der Waals surface area contributed by atoms with Crippen LogP contribution < -0.4 is 0 Å². The van der Waals surface area contributed by atoms with Crippen LogP contribution >= 0.6 is 15.9 Å². The molecule has 2 aromatic rings. The first kappa shape index (κ1) is 15.4. The second-order valence-electron chi connectivity index (χ2n) is 4.66. The maximum atomic E-state index is 11.4. The lowest BCUT2D eigenvalue weighted by Gasteiger charge is -2.05. The van der Waals surface area contributed by atoms with E-state index in [1.54, 1.807) is 6.20 Å². The largest absolute Gasteiger partial charge is 0.465 e. The predicted octanol–water partition coefficient (Wildman–Crippen LogP) is 3.67. The number of methoxy groups -OCH3 is 1. The molecule has 0 saturated heterocycles. The van der Waals surface area contributed by atoms with E-state index in [4.69, 9.17) is 0 Å². The van der Waals surface area contributed by atoms with Crippen LogP contribution in [0.1, 0.15) is 17.0 Å². The average Bonchev–Trinajstić information content (AvgIpc) is 2.45. The minimum atomic E-state index is -0.463. The standard InChI is InChI=1S/C16H15BrN2O2/c1-10-6-11(2)8-12(7-10)14-4-5-18-15(19-14)9-13(17)16(20)21-3/h4-9H,1-3H3/b13-9+. The molecule has 1 aromatic carbocycles. The summed E-state index contributed by atoms with van der Waals surface area (Å²) in [5, 5.41) is 0. The van der Waals surface area contributed by atoms with Gasteiger partial charge in [0.05, 0.1) is 12.8 Å². The van der Waals surface area contributed by atoms with Gasteiger partial charge in [-0.15, -0.1) is 0 Å². The highest BCUT2D eigenvalue weighted by molar-refractivity contribution is 9.12. The molecule has 4 nitrogen and oxygen atoms in total. The van der Waals surface area contributed by atoms with Crippen LogP contribution in [0.3, 0.4) is 0 Å². The molecule has 1 heterocycles. The van der Waals surface area contributed by atoms with Crippen molar-refractivity contribution >= 4 is 28.0 Å². The Balaban J connectivity index is 2.40. The van der Waals surface area contributed by atoms with Crippen molar-refractivity contribution in [3.05, 3.63) is 51.9 Å². The number of aryl methyl sites for hydroxylation is 2. The number of hydrogen-bond donors (Lipinski definition) is 0. The highest BCUT2D eigenvalue weighted by Gasteiger charge is 2.07. The predicted molar refractivity (Wildman–Crippen MR) is 85.9 cm³/mol. The molecule has 0 spiro atoms. The second-order valence-corrected chi connectivity index (χ2v) is 5.51. The first-order valence-corrected chi connectivity index (χ1v) is 7.16. The lowest BCUT2D eigenvalue weighted by molar-refractivity contribution is -0.135. The molecule has 0 aliphatic rings. The van der Waals surface area contributed by atoms with Gasteiger partial charge in [0, 0.05) is 17.8 Å². The molecule has 0 aliphatic heterocycles. The molecule has 2 rings (SSSR count). The molecular formula is C16H15BrN2O2. The highest BCUT2D eigenvalue weighted by atomic mass is 79.9. The van der Waals surface area contributed by atoms with Gasteiger partial charge in [-0.1, -0.05) is 17.2 Å². The lowest BCUT2D eigenvalue weighted by Crippen LogP contribution is -2.00. The minimum Gasteiger partial charge on any atom is -0.465 e. The van der Waals surface area contributed by atoms with Crippen molar-refractivity contribution in [2.75, 3.05) is 7.11 Å². The highest BCUT2D eigenvalue weighted by Crippen LogP contribution is 2.21. The number of carbonyl (C=O) groups is 1. The topological polar surface area (TPSA) is 52.1 Å². The summed E-state index contributed by atoms with van der Waals surface area (Å²) < 4.78 is 4.90. The van der Waals surface area contributed by atoms with Crippen LogP contribution in [0.25, 0.3) is 17.3 Å². The number of nitrogens with zero attached hydrogens (tertiary/aromatic N) is 2. The van der Waals surface area contributed by atoms with Crippen LogP contribution in [-0.2, 0) is 9.53 Å². The SMILES string of the molecule is COC(=O)/C(Br)=C\c1nccc(-c2cc(C)cc(C)c2)n1. The van der Waals surface area contributed by atoms with E-state index >= 15 is 0 Å². The number of carbonyl (C=O) groups excluding carboxylic acids is 1. The average molecular weight is 347 g/mol. The third-order valence-corrected chi connectivity index (χ3v) is 3.38. The van der Waals surface area contributed by atoms with Crippen molar-refractivity contribution in [2.45, 2.75) is 13.8 Å². The normalized spacial score (nSPS) is 11.3. The number of esters is 1. The smallest absolute Gasteiger partial charge is 0.345 e. The molecular weight excluding hydrogens is 332 g/mol. The van der Waals surface area contributed by atoms with Gasteiger partial charge in [-0.05, 0) is 48.0 Å². The van der Waals surface area contributed by atoms with Gasteiger partial charge in [-0.25, -0.2) is 14.8 Å². The number of hydrogen-bond acceptors (Lipinski definition) is 4. The summed E-state index contributed by atoms with van der Waals surface area (Å²) in [6.07, 6.45) is 3.21. The summed E-state index contributed by atoms with van der Waals surface area (Å²) in [6.45, 7) is 4.10. The first-order chi connectivity index (χ1) is 9.99. The summed E-state index contributed by atoms with van der Waals surface area (Å²) in [4.78, 5) is 20.0. The van der Waals surface area contributed by atoms with E-state index in [0.29, 0.717) is 5.82 Å². The van der Waals surface area contributed by atoms with E-state index in [1.165, 1.54) is 24.3 Å². The number of rotatable bonds is 3. The Labute approximate surface area is 132 Å². The van der Waals surface area contributed by atoms with Gasteiger partial charge < -0.3 is 4.74 Å². The van der Waals surface area contributed by atoms with Crippen LogP contribution in [0, 0.1) is 13.8 Å². The van der Waals surface area contributed by atoms with Crippen LogP contribution in [0.4, 0.5) is 0 Å². The summed E-state index contributed by atoms with van der Waals surface area (Å²) in [7, 11) is 1.32. The van der Waals surface area contributed by atoms with Crippen molar-refractivity contribution in [3.8, 4) is 11.3 Å². The maximum Gasteiger partial charge on any atom is 0.345 e. The summed E-state index contributed by atoms with van der Waals surface area (Å²) in [6, 6.07) is 8.09. The third kappa shape index (κ3) is 3.98. The Morgan fingerprint density at radius 1 is 1.24 bits per heavy atom. The number of ether oxygens (including phenoxy) is 1. The van der Waals surface area contributed by atoms with Crippen molar-refractivity contribution in [2.24, 2.45) is 0 Å². The molecule has 0 amide bonds. The Morgan fingerprint density at radius 3 is 2.52 bits per heavy atom. The fourth-order valence-corrected chi connectivity index (χ4v) is 2.36. The molecule has 0 radical (unpaired) electrons. The molecule has 21 heavy (non-hydrogen) atoms. The van der Waals surface area contributed by atoms with Crippen molar-refractivity contribution in [3.63, 3.8) is 0 Å². The Kier molecular flexibility index (Phi) is 4.85. The zero-order chi connectivity index (χ0) is 15.4. The van der Waals surface area contributed by atoms with Crippen molar-refractivity contribution < 1.29 is 9.53 Å². The van der Waals surface area contributed by atoms with Crippen LogP contribution in [0.15, 0.2) is 34.9 Å². The molecule has 1 aromatic heterocycles. The van der Waals surface area contributed by atoms with E-state index in [9.17, 15) is 4.79 Å². The van der Waals surface area contributed by atoms with Crippen molar-refractivity contribution in [1.82, 2.24) is 9.97 Å². The fraction of sp³-hybridized carbons (Fsp3) is 0.188. The molecule has 108 valence electrons.